The second-order valence-electron chi connectivity index (χ2n) is 7.64. The van der Waals surface area contributed by atoms with Gasteiger partial charge in [-0.1, -0.05) is 48.5 Å². The molecule has 0 heterocycles. The molecule has 1 aliphatic carbocycles. The summed E-state index contributed by atoms with van der Waals surface area (Å²) in [5.74, 6) is 3.53. The first kappa shape index (κ1) is 20.5. The largest absolute Gasteiger partial charge is 0.493 e. The summed E-state index contributed by atoms with van der Waals surface area (Å²) in [6.45, 7) is 10.4. The van der Waals surface area contributed by atoms with Crippen LogP contribution in [-0.2, 0) is 0 Å². The highest BCUT2D eigenvalue weighted by molar-refractivity contribution is 5.98. The summed E-state index contributed by atoms with van der Waals surface area (Å²) in [7, 11) is 0. The predicted octanol–water partition coefficient (Wildman–Crippen LogP) is 6.48. The van der Waals surface area contributed by atoms with Crippen LogP contribution < -0.4 is 18.9 Å². The van der Waals surface area contributed by atoms with Crippen LogP contribution in [0.1, 0.15) is 27.7 Å². The van der Waals surface area contributed by atoms with Gasteiger partial charge in [-0.05, 0) is 27.7 Å². The van der Waals surface area contributed by atoms with Gasteiger partial charge in [0.15, 0.2) is 0 Å². The summed E-state index contributed by atoms with van der Waals surface area (Å²) in [6, 6.07) is 16.6. The number of rotatable bonds is 8. The Morgan fingerprint density at radius 2 is 0.625 bits per heavy atom. The number of hydrogen-bond donors (Lipinski definition) is 0. The zero-order valence-corrected chi connectivity index (χ0v) is 19.1. The van der Waals surface area contributed by atoms with Crippen molar-refractivity contribution in [3.63, 3.8) is 0 Å². The highest BCUT2D eigenvalue weighted by Gasteiger charge is 2.26. The van der Waals surface area contributed by atoms with Crippen LogP contribution in [0.4, 0.5) is 0 Å². The van der Waals surface area contributed by atoms with E-state index < -0.39 is 0 Å². The van der Waals surface area contributed by atoms with E-state index >= 15 is 0 Å². The van der Waals surface area contributed by atoms with Crippen LogP contribution >= 0.6 is 0 Å². The van der Waals surface area contributed by atoms with Gasteiger partial charge in [0.05, 0.1) is 26.4 Å². The predicted molar refractivity (Wildman–Crippen MR) is 128 cm³/mol. The molecule has 0 spiro atoms. The molecule has 164 valence electrons. The van der Waals surface area contributed by atoms with Crippen molar-refractivity contribution >= 4 is 21.5 Å². The van der Waals surface area contributed by atoms with Crippen LogP contribution in [0, 0.1) is 20.9 Å². The number of ether oxygens (including phenoxy) is 4. The van der Waals surface area contributed by atoms with E-state index in [1.165, 1.54) is 0 Å². The second-order valence-corrected chi connectivity index (χ2v) is 7.64. The van der Waals surface area contributed by atoms with Crippen LogP contribution in [0.25, 0.3) is 21.5 Å². The van der Waals surface area contributed by atoms with Gasteiger partial charge in [-0.25, -0.2) is 0 Å². The molecule has 0 unspecified atom stereocenters. The Morgan fingerprint density at radius 1 is 0.406 bits per heavy atom. The third kappa shape index (κ3) is 2.82. The van der Waals surface area contributed by atoms with Crippen molar-refractivity contribution in [2.45, 2.75) is 27.7 Å². The number of hydrogen-bond acceptors (Lipinski definition) is 4. The molecule has 0 aliphatic heterocycles. The molecular weight excluding hydrogens is 400 g/mol. The maximum Gasteiger partial charge on any atom is 0.135 e. The molecule has 0 bridgehead atoms. The van der Waals surface area contributed by atoms with Crippen LogP contribution in [0.5, 0.6) is 23.0 Å². The molecular formula is C28H28O4. The van der Waals surface area contributed by atoms with Crippen molar-refractivity contribution in [1.29, 1.82) is 0 Å². The standard InChI is InChI=1S/C28H28O4/c1-5-29-25-17-13-9-10-14-18(17)26(30-6-2)22-21(25)23-24(22)28(32-8-4)20-16-12-11-15-19(20)27(23)31-7-3/h9-16H,5-8H2,1-4H3. The summed E-state index contributed by atoms with van der Waals surface area (Å²) >= 11 is 0. The molecule has 0 fully saturated rings. The van der Waals surface area contributed by atoms with Crippen LogP contribution in [0.3, 0.4) is 0 Å². The van der Waals surface area contributed by atoms with E-state index in [1.54, 1.807) is 0 Å². The zero-order valence-electron chi connectivity index (χ0n) is 19.1. The molecule has 0 atom stereocenters. The highest BCUT2D eigenvalue weighted by atomic mass is 16.5. The number of benzene rings is 4. The fourth-order valence-electron chi connectivity index (χ4n) is 4.82. The van der Waals surface area contributed by atoms with E-state index in [9.17, 15) is 0 Å². The molecule has 4 nitrogen and oxygen atoms in total. The Balaban J connectivity index is 2.13. The van der Waals surface area contributed by atoms with Crippen molar-refractivity contribution in [3.05, 3.63) is 69.4 Å². The van der Waals surface area contributed by atoms with Crippen molar-refractivity contribution in [2.24, 2.45) is 0 Å². The first-order valence-corrected chi connectivity index (χ1v) is 11.5. The van der Waals surface area contributed by atoms with Crippen molar-refractivity contribution in [3.8, 4) is 23.0 Å². The van der Waals surface area contributed by atoms with E-state index in [4.69, 9.17) is 18.9 Å². The molecule has 4 heteroatoms. The van der Waals surface area contributed by atoms with Gasteiger partial charge < -0.3 is 18.9 Å². The van der Waals surface area contributed by atoms with E-state index in [0.29, 0.717) is 26.4 Å². The molecule has 4 aromatic rings. The second kappa shape index (κ2) is 8.27. The average Bonchev–Trinajstić information content (AvgIpc) is 2.80. The summed E-state index contributed by atoms with van der Waals surface area (Å²) in [6.07, 6.45) is 0. The van der Waals surface area contributed by atoms with E-state index in [1.807, 2.05) is 52.0 Å². The van der Waals surface area contributed by atoms with Gasteiger partial charge in [0.2, 0.25) is 0 Å². The van der Waals surface area contributed by atoms with Gasteiger partial charge in [0.1, 0.15) is 23.0 Å². The van der Waals surface area contributed by atoms with Crippen molar-refractivity contribution in [1.82, 2.24) is 0 Å². The third-order valence-electron chi connectivity index (χ3n) is 5.90. The normalized spacial score (nSPS) is 11.6. The molecule has 0 radical (unpaired) electrons. The zero-order chi connectivity index (χ0) is 22.2. The molecule has 32 heavy (non-hydrogen) atoms. The van der Waals surface area contributed by atoms with E-state index in [2.05, 4.69) is 24.3 Å². The lowest BCUT2D eigenvalue weighted by Crippen LogP contribution is -2.08. The first-order valence-electron chi connectivity index (χ1n) is 11.5. The quantitative estimate of drug-likeness (QED) is 0.284. The molecule has 0 saturated carbocycles. The Labute approximate surface area is 187 Å². The summed E-state index contributed by atoms with van der Waals surface area (Å²) in [5.41, 5.74) is 0. The minimum absolute atomic E-state index is 0.579. The van der Waals surface area contributed by atoms with Gasteiger partial charge in [0.25, 0.3) is 0 Å². The molecule has 0 saturated heterocycles. The molecule has 0 aromatic heterocycles. The Morgan fingerprint density at radius 3 is 0.812 bits per heavy atom. The number of fused-ring (bicyclic) bond motifs is 4. The smallest absolute Gasteiger partial charge is 0.135 e. The molecule has 5 rings (SSSR count). The maximum atomic E-state index is 6.27. The molecule has 0 N–H and O–H groups in total. The van der Waals surface area contributed by atoms with Crippen LogP contribution in [-0.4, -0.2) is 26.4 Å². The molecule has 4 aromatic carbocycles. The van der Waals surface area contributed by atoms with Crippen molar-refractivity contribution < 1.29 is 18.9 Å². The SMILES string of the molecule is CCOc1c2c(c(OCC)c3ccccc13)=c1c(OCC)c3ccccc3c(OCC)c1=2. The topological polar surface area (TPSA) is 36.9 Å². The third-order valence-corrected chi connectivity index (χ3v) is 5.90. The summed E-state index contributed by atoms with van der Waals surface area (Å²) in [4.78, 5) is 0. The van der Waals surface area contributed by atoms with Gasteiger partial charge in [-0.15, -0.1) is 0 Å². The fourth-order valence-corrected chi connectivity index (χ4v) is 4.82. The highest BCUT2D eigenvalue weighted by Crippen LogP contribution is 2.46. The van der Waals surface area contributed by atoms with E-state index in [-0.39, 0.29) is 0 Å². The molecule has 0 amide bonds. The minimum atomic E-state index is 0.579. The lowest BCUT2D eigenvalue weighted by atomic mass is 9.91. The Bertz CT molecular complexity index is 1270. The lowest BCUT2D eigenvalue weighted by Gasteiger charge is -2.23. The summed E-state index contributed by atoms with van der Waals surface area (Å²) < 4.78 is 25.1. The Kier molecular flexibility index (Phi) is 5.30. The average molecular weight is 429 g/mol. The monoisotopic (exact) mass is 428 g/mol. The molecule has 1 aliphatic rings. The minimum Gasteiger partial charge on any atom is -0.493 e. The Hall–Kier alpha value is -3.40. The maximum absolute atomic E-state index is 6.27. The summed E-state index contributed by atoms with van der Waals surface area (Å²) in [5, 5.41) is 8.43. The van der Waals surface area contributed by atoms with Crippen LogP contribution in [0.2, 0.25) is 0 Å². The van der Waals surface area contributed by atoms with Gasteiger partial charge in [0, 0.05) is 42.4 Å². The lowest BCUT2D eigenvalue weighted by molar-refractivity contribution is 0.322. The van der Waals surface area contributed by atoms with E-state index in [0.717, 1.165) is 65.4 Å². The van der Waals surface area contributed by atoms with Crippen LogP contribution in [0.15, 0.2) is 48.5 Å². The van der Waals surface area contributed by atoms with Crippen molar-refractivity contribution in [2.75, 3.05) is 26.4 Å². The van der Waals surface area contributed by atoms with Gasteiger partial charge in [-0.2, -0.15) is 0 Å². The first-order chi connectivity index (χ1) is 15.8. The van der Waals surface area contributed by atoms with Gasteiger partial charge >= 0.3 is 0 Å². The van der Waals surface area contributed by atoms with Gasteiger partial charge in [-0.3, -0.25) is 0 Å². The fraction of sp³-hybridized carbons (Fsp3) is 0.286.